The Kier molecular flexibility index (Phi) is 3.60. The van der Waals surface area contributed by atoms with Crippen LogP contribution in [0.5, 0.6) is 0 Å². The zero-order valence-electron chi connectivity index (χ0n) is 12.7. The van der Waals surface area contributed by atoms with Crippen molar-refractivity contribution in [1.29, 1.82) is 0 Å². The lowest BCUT2D eigenvalue weighted by atomic mass is 10.2. The Balaban J connectivity index is 1.58. The van der Waals surface area contributed by atoms with Crippen molar-refractivity contribution in [3.63, 3.8) is 0 Å². The molecule has 0 unspecified atom stereocenters. The topological polar surface area (TPSA) is 114 Å². The standard InChI is InChI=1S/C13H18N5O4P/c1-2-21-23(19)7-20-9-3-8(4-10(9)22-23)18-6-17-11-12(14)15-5-16-13(11)18/h5-6,8-10H,2-4,7H2,1H3,(H2,14,15,16)/t8-,9+,10+,23+/m1/s1. The SMILES string of the molecule is CCO[P@@]1(=O)CO[C@H]2C[C@@H](n3cnc4c(N)ncnc43)C[C@@H]2O1. The second-order valence-corrected chi connectivity index (χ2v) is 7.66. The molecule has 9 nitrogen and oxygen atoms in total. The quantitative estimate of drug-likeness (QED) is 0.841. The minimum atomic E-state index is -3.14. The Morgan fingerprint density at radius 2 is 2.22 bits per heavy atom. The summed E-state index contributed by atoms with van der Waals surface area (Å²) in [6, 6.07) is 0.0949. The first-order chi connectivity index (χ1) is 11.1. The summed E-state index contributed by atoms with van der Waals surface area (Å²) in [4.78, 5) is 12.5. The number of hydrogen-bond acceptors (Lipinski definition) is 8. The van der Waals surface area contributed by atoms with Gasteiger partial charge in [0.1, 0.15) is 18.2 Å². The van der Waals surface area contributed by atoms with E-state index < -0.39 is 7.60 Å². The lowest BCUT2D eigenvalue weighted by Crippen LogP contribution is -2.31. The first-order valence-corrected chi connectivity index (χ1v) is 9.29. The van der Waals surface area contributed by atoms with Crippen molar-refractivity contribution >= 4 is 24.6 Å². The molecule has 124 valence electrons. The molecule has 1 aliphatic carbocycles. The molecule has 2 fully saturated rings. The Bertz CT molecular complexity index is 781. The molecule has 0 bridgehead atoms. The zero-order valence-corrected chi connectivity index (χ0v) is 13.6. The summed E-state index contributed by atoms with van der Waals surface area (Å²) >= 11 is 0. The molecule has 2 N–H and O–H groups in total. The van der Waals surface area contributed by atoms with Gasteiger partial charge in [-0.2, -0.15) is 0 Å². The fourth-order valence-electron chi connectivity index (χ4n) is 3.27. The number of rotatable bonds is 3. The molecule has 10 heteroatoms. The van der Waals surface area contributed by atoms with E-state index in [0.29, 0.717) is 30.0 Å². The molecular weight excluding hydrogens is 321 g/mol. The number of nitrogens with two attached hydrogens (primary N) is 1. The van der Waals surface area contributed by atoms with Crippen molar-refractivity contribution < 1.29 is 18.3 Å². The fourth-order valence-corrected chi connectivity index (χ4v) is 4.87. The number of fused-ring (bicyclic) bond motifs is 2. The van der Waals surface area contributed by atoms with Crippen LogP contribution in [0.4, 0.5) is 5.82 Å². The maximum Gasteiger partial charge on any atom is 0.356 e. The molecule has 2 aromatic heterocycles. The maximum absolute atomic E-state index is 12.4. The van der Waals surface area contributed by atoms with Gasteiger partial charge in [0.2, 0.25) is 0 Å². The maximum atomic E-state index is 12.4. The average molecular weight is 339 g/mol. The van der Waals surface area contributed by atoms with Crippen LogP contribution in [0.15, 0.2) is 12.7 Å². The van der Waals surface area contributed by atoms with Gasteiger partial charge in [-0.1, -0.05) is 0 Å². The Labute approximate surface area is 132 Å². The highest BCUT2D eigenvalue weighted by Crippen LogP contribution is 2.56. The van der Waals surface area contributed by atoms with Gasteiger partial charge in [0.25, 0.3) is 0 Å². The van der Waals surface area contributed by atoms with Gasteiger partial charge in [-0.05, 0) is 19.8 Å². The van der Waals surface area contributed by atoms with Crippen LogP contribution in [0.2, 0.25) is 0 Å². The third-order valence-corrected chi connectivity index (χ3v) is 5.98. The molecule has 1 aliphatic heterocycles. The number of hydrogen-bond donors (Lipinski definition) is 1. The minimum Gasteiger partial charge on any atom is -0.382 e. The van der Waals surface area contributed by atoms with Gasteiger partial charge in [-0.3, -0.25) is 4.57 Å². The largest absolute Gasteiger partial charge is 0.382 e. The molecule has 0 amide bonds. The third kappa shape index (κ3) is 2.53. The number of anilines is 1. The summed E-state index contributed by atoms with van der Waals surface area (Å²) < 4.78 is 31.1. The summed E-state index contributed by atoms with van der Waals surface area (Å²) in [6.45, 7) is 2.12. The molecule has 1 saturated heterocycles. The van der Waals surface area contributed by atoms with E-state index in [0.717, 1.165) is 6.42 Å². The van der Waals surface area contributed by atoms with Gasteiger partial charge in [0, 0.05) is 6.04 Å². The summed E-state index contributed by atoms with van der Waals surface area (Å²) in [5.41, 5.74) is 7.10. The van der Waals surface area contributed by atoms with E-state index in [1.165, 1.54) is 6.33 Å². The molecule has 0 aromatic carbocycles. The second kappa shape index (κ2) is 5.52. The molecule has 4 atom stereocenters. The van der Waals surface area contributed by atoms with Gasteiger partial charge >= 0.3 is 7.60 Å². The van der Waals surface area contributed by atoms with Gasteiger partial charge in [0.05, 0.1) is 25.1 Å². The molecular formula is C13H18N5O4P. The van der Waals surface area contributed by atoms with E-state index in [1.807, 2.05) is 4.57 Å². The van der Waals surface area contributed by atoms with Crippen molar-refractivity contribution in [3.8, 4) is 0 Å². The lowest BCUT2D eigenvalue weighted by Gasteiger charge is -2.31. The number of ether oxygens (including phenoxy) is 1. The monoisotopic (exact) mass is 339 g/mol. The number of nitrogens with zero attached hydrogens (tertiary/aromatic N) is 4. The van der Waals surface area contributed by atoms with Crippen LogP contribution in [0.3, 0.4) is 0 Å². The van der Waals surface area contributed by atoms with Gasteiger partial charge in [0.15, 0.2) is 11.5 Å². The normalized spacial score (nSPS) is 33.9. The Morgan fingerprint density at radius 3 is 3.04 bits per heavy atom. The molecule has 3 heterocycles. The van der Waals surface area contributed by atoms with Gasteiger partial charge in [-0.25, -0.2) is 15.0 Å². The van der Waals surface area contributed by atoms with Crippen LogP contribution < -0.4 is 5.73 Å². The predicted molar refractivity (Wildman–Crippen MR) is 81.9 cm³/mol. The molecule has 2 aliphatic rings. The highest BCUT2D eigenvalue weighted by Gasteiger charge is 2.46. The van der Waals surface area contributed by atoms with E-state index >= 15 is 0 Å². The van der Waals surface area contributed by atoms with E-state index in [1.54, 1.807) is 13.3 Å². The van der Waals surface area contributed by atoms with E-state index in [9.17, 15) is 4.57 Å². The van der Waals surface area contributed by atoms with Crippen molar-refractivity contribution in [1.82, 2.24) is 19.5 Å². The van der Waals surface area contributed by atoms with Crippen molar-refractivity contribution in [2.24, 2.45) is 0 Å². The van der Waals surface area contributed by atoms with Crippen LogP contribution in [0, 0.1) is 0 Å². The zero-order chi connectivity index (χ0) is 16.0. The minimum absolute atomic E-state index is 0.00845. The summed E-state index contributed by atoms with van der Waals surface area (Å²) in [6.07, 6.45) is 4.20. The summed E-state index contributed by atoms with van der Waals surface area (Å²) in [5, 5.41) is 0. The van der Waals surface area contributed by atoms with Crippen LogP contribution in [-0.2, 0) is 18.3 Å². The predicted octanol–water partition coefficient (Wildman–Crippen LogP) is 1.71. The molecule has 0 radical (unpaired) electrons. The van der Waals surface area contributed by atoms with Crippen molar-refractivity contribution in [2.75, 3.05) is 18.7 Å². The molecule has 1 saturated carbocycles. The number of imidazole rings is 1. The third-order valence-electron chi connectivity index (χ3n) is 4.27. The van der Waals surface area contributed by atoms with Crippen molar-refractivity contribution in [3.05, 3.63) is 12.7 Å². The van der Waals surface area contributed by atoms with E-state index in [4.69, 9.17) is 19.5 Å². The van der Waals surface area contributed by atoms with Crippen LogP contribution in [0.1, 0.15) is 25.8 Å². The Hall–Kier alpha value is -1.54. The molecule has 23 heavy (non-hydrogen) atoms. The number of aromatic nitrogens is 4. The highest BCUT2D eigenvalue weighted by atomic mass is 31.2. The van der Waals surface area contributed by atoms with Gasteiger partial charge < -0.3 is 24.1 Å². The molecule has 0 spiro atoms. The number of nitrogen functional groups attached to an aromatic ring is 1. The van der Waals surface area contributed by atoms with Crippen molar-refractivity contribution in [2.45, 2.75) is 38.0 Å². The summed E-state index contributed by atoms with van der Waals surface area (Å²) in [5.74, 6) is 0.359. The first kappa shape index (κ1) is 15.0. The van der Waals surface area contributed by atoms with Gasteiger partial charge in [-0.15, -0.1) is 0 Å². The molecule has 2 aromatic rings. The van der Waals surface area contributed by atoms with E-state index in [-0.39, 0.29) is 24.6 Å². The second-order valence-electron chi connectivity index (χ2n) is 5.71. The van der Waals surface area contributed by atoms with Crippen LogP contribution in [0.25, 0.3) is 11.2 Å². The molecule has 4 rings (SSSR count). The Morgan fingerprint density at radius 1 is 1.39 bits per heavy atom. The van der Waals surface area contributed by atoms with Crippen LogP contribution >= 0.6 is 7.60 Å². The van der Waals surface area contributed by atoms with E-state index in [2.05, 4.69) is 15.0 Å². The lowest BCUT2D eigenvalue weighted by molar-refractivity contribution is -0.0371. The van der Waals surface area contributed by atoms with Crippen LogP contribution in [-0.4, -0.2) is 44.7 Å². The highest BCUT2D eigenvalue weighted by molar-refractivity contribution is 7.53. The first-order valence-electron chi connectivity index (χ1n) is 7.56. The average Bonchev–Trinajstić information content (AvgIpc) is 3.10. The fraction of sp³-hybridized carbons (Fsp3) is 0.615. The smallest absolute Gasteiger partial charge is 0.356 e. The summed E-state index contributed by atoms with van der Waals surface area (Å²) in [7, 11) is -3.14.